The second-order valence-electron chi connectivity index (χ2n) is 5.28. The average Bonchev–Trinajstić information content (AvgIpc) is 2.45. The van der Waals surface area contributed by atoms with Crippen LogP contribution in [0.2, 0.25) is 0 Å². The highest BCUT2D eigenvalue weighted by Crippen LogP contribution is 2.19. The van der Waals surface area contributed by atoms with E-state index in [-0.39, 0.29) is 30.0 Å². The van der Waals surface area contributed by atoms with Gasteiger partial charge in [-0.25, -0.2) is 4.39 Å². The Labute approximate surface area is 131 Å². The van der Waals surface area contributed by atoms with Crippen LogP contribution in [0.4, 0.5) is 4.39 Å². The molecule has 1 aromatic carbocycles. The maximum atomic E-state index is 13.2. The summed E-state index contributed by atoms with van der Waals surface area (Å²) in [6, 6.07) is 6.64. The zero-order valence-electron chi connectivity index (χ0n) is 12.1. The van der Waals surface area contributed by atoms with Crippen LogP contribution in [-0.4, -0.2) is 37.0 Å². The second kappa shape index (κ2) is 8.97. The molecule has 1 amide bonds. The van der Waals surface area contributed by atoms with Gasteiger partial charge in [-0.15, -0.1) is 12.4 Å². The molecule has 1 unspecified atom stereocenters. The van der Waals surface area contributed by atoms with Crippen molar-refractivity contribution in [3.8, 4) is 0 Å². The molecule has 1 aliphatic heterocycles. The van der Waals surface area contributed by atoms with Crippen molar-refractivity contribution in [1.82, 2.24) is 10.2 Å². The van der Waals surface area contributed by atoms with Crippen LogP contribution in [0, 0.1) is 11.7 Å². The van der Waals surface area contributed by atoms with E-state index in [2.05, 4.69) is 10.2 Å². The maximum absolute atomic E-state index is 13.2. The summed E-state index contributed by atoms with van der Waals surface area (Å²) in [6.45, 7) is 3.37. The van der Waals surface area contributed by atoms with E-state index >= 15 is 0 Å². The summed E-state index contributed by atoms with van der Waals surface area (Å²) in [4.78, 5) is 14.2. The summed E-state index contributed by atoms with van der Waals surface area (Å²) in [7, 11) is 0. The highest BCUT2D eigenvalue weighted by Gasteiger charge is 2.25. The van der Waals surface area contributed by atoms with Gasteiger partial charge in [0.2, 0.25) is 5.91 Å². The number of carbonyl (C=O) groups excluding carboxylic acids is 1. The van der Waals surface area contributed by atoms with E-state index in [0.29, 0.717) is 19.6 Å². The van der Waals surface area contributed by atoms with E-state index in [4.69, 9.17) is 5.73 Å². The first-order valence-electron chi connectivity index (χ1n) is 7.13. The molecule has 0 aromatic heterocycles. The lowest BCUT2D eigenvalue weighted by Gasteiger charge is -2.32. The first-order valence-corrected chi connectivity index (χ1v) is 7.13. The number of amides is 1. The van der Waals surface area contributed by atoms with Gasteiger partial charge in [-0.3, -0.25) is 9.69 Å². The van der Waals surface area contributed by atoms with Crippen LogP contribution in [-0.2, 0) is 11.3 Å². The molecule has 6 heteroatoms. The van der Waals surface area contributed by atoms with Gasteiger partial charge in [0.1, 0.15) is 5.82 Å². The molecule has 3 N–H and O–H groups in total. The molecule has 118 valence electrons. The standard InChI is InChI=1S/C15H22FN3O.ClH/c16-14-5-1-3-12(9-14)10-19-8-2-4-13(11-19)15(20)18-7-6-17;/h1,3,5,9,13H,2,4,6-8,10-11,17H2,(H,18,20);1H. The molecular weight excluding hydrogens is 293 g/mol. The monoisotopic (exact) mass is 315 g/mol. The first kappa shape index (κ1) is 17.9. The molecule has 0 aliphatic carbocycles. The summed E-state index contributed by atoms with van der Waals surface area (Å²) in [5, 5.41) is 2.84. The number of carbonyl (C=O) groups is 1. The molecule has 1 aromatic rings. The summed E-state index contributed by atoms with van der Waals surface area (Å²) in [5.41, 5.74) is 6.34. The lowest BCUT2D eigenvalue weighted by atomic mass is 9.96. The fraction of sp³-hybridized carbons (Fsp3) is 0.533. The summed E-state index contributed by atoms with van der Waals surface area (Å²) in [6.07, 6.45) is 1.91. The Morgan fingerprint density at radius 1 is 1.48 bits per heavy atom. The van der Waals surface area contributed by atoms with E-state index in [1.807, 2.05) is 6.07 Å². The number of halogens is 2. The second-order valence-corrected chi connectivity index (χ2v) is 5.28. The normalized spacial score (nSPS) is 18.9. The van der Waals surface area contributed by atoms with Crippen LogP contribution >= 0.6 is 12.4 Å². The molecule has 0 spiro atoms. The summed E-state index contributed by atoms with van der Waals surface area (Å²) < 4.78 is 13.2. The van der Waals surface area contributed by atoms with E-state index in [1.165, 1.54) is 6.07 Å². The predicted molar refractivity (Wildman–Crippen MR) is 83.7 cm³/mol. The maximum Gasteiger partial charge on any atom is 0.224 e. The van der Waals surface area contributed by atoms with Crippen LogP contribution in [0.5, 0.6) is 0 Å². The topological polar surface area (TPSA) is 58.4 Å². The largest absolute Gasteiger partial charge is 0.355 e. The molecule has 1 heterocycles. The molecule has 21 heavy (non-hydrogen) atoms. The van der Waals surface area contributed by atoms with Gasteiger partial charge < -0.3 is 11.1 Å². The van der Waals surface area contributed by atoms with Gasteiger partial charge in [0, 0.05) is 26.2 Å². The fourth-order valence-electron chi connectivity index (χ4n) is 2.65. The molecule has 1 fully saturated rings. The smallest absolute Gasteiger partial charge is 0.224 e. The number of piperidine rings is 1. The van der Waals surface area contributed by atoms with E-state index < -0.39 is 0 Å². The summed E-state index contributed by atoms with van der Waals surface area (Å²) >= 11 is 0. The van der Waals surface area contributed by atoms with Crippen molar-refractivity contribution in [3.63, 3.8) is 0 Å². The Morgan fingerprint density at radius 2 is 2.29 bits per heavy atom. The van der Waals surface area contributed by atoms with Crippen LogP contribution in [0.25, 0.3) is 0 Å². The van der Waals surface area contributed by atoms with E-state index in [0.717, 1.165) is 31.5 Å². The number of benzene rings is 1. The molecule has 0 saturated carbocycles. The van der Waals surface area contributed by atoms with Gasteiger partial charge in [0.25, 0.3) is 0 Å². The van der Waals surface area contributed by atoms with Crippen molar-refractivity contribution in [2.75, 3.05) is 26.2 Å². The number of rotatable bonds is 5. The van der Waals surface area contributed by atoms with Crippen molar-refractivity contribution in [2.24, 2.45) is 11.7 Å². The third-order valence-corrected chi connectivity index (χ3v) is 3.62. The van der Waals surface area contributed by atoms with Crippen LogP contribution in [0.3, 0.4) is 0 Å². The molecule has 0 bridgehead atoms. The number of hydrogen-bond donors (Lipinski definition) is 2. The van der Waals surface area contributed by atoms with Crippen molar-refractivity contribution >= 4 is 18.3 Å². The highest BCUT2D eigenvalue weighted by molar-refractivity contribution is 5.85. The Hall–Kier alpha value is -1.17. The number of nitrogens with zero attached hydrogens (tertiary/aromatic N) is 1. The lowest BCUT2D eigenvalue weighted by Crippen LogP contribution is -2.43. The van der Waals surface area contributed by atoms with Gasteiger partial charge in [-0.2, -0.15) is 0 Å². The van der Waals surface area contributed by atoms with Crippen LogP contribution in [0.15, 0.2) is 24.3 Å². The van der Waals surface area contributed by atoms with Gasteiger partial charge in [0.15, 0.2) is 0 Å². The van der Waals surface area contributed by atoms with Crippen molar-refractivity contribution in [1.29, 1.82) is 0 Å². The number of hydrogen-bond acceptors (Lipinski definition) is 3. The van der Waals surface area contributed by atoms with Crippen molar-refractivity contribution < 1.29 is 9.18 Å². The third-order valence-electron chi connectivity index (χ3n) is 3.62. The molecule has 1 saturated heterocycles. The zero-order chi connectivity index (χ0) is 14.4. The molecular formula is C15H23ClFN3O. The molecule has 1 aliphatic rings. The minimum absolute atomic E-state index is 0. The van der Waals surface area contributed by atoms with Gasteiger partial charge in [-0.05, 0) is 37.1 Å². The number of nitrogens with two attached hydrogens (primary N) is 1. The third kappa shape index (κ3) is 5.61. The quantitative estimate of drug-likeness (QED) is 0.866. The predicted octanol–water partition coefficient (Wildman–Crippen LogP) is 1.53. The average molecular weight is 316 g/mol. The summed E-state index contributed by atoms with van der Waals surface area (Å²) in [5.74, 6) is -0.111. The van der Waals surface area contributed by atoms with E-state index in [9.17, 15) is 9.18 Å². The van der Waals surface area contributed by atoms with Crippen LogP contribution in [0.1, 0.15) is 18.4 Å². The molecule has 0 radical (unpaired) electrons. The Balaban J connectivity index is 0.00000220. The number of nitrogens with one attached hydrogen (secondary N) is 1. The molecule has 4 nitrogen and oxygen atoms in total. The number of likely N-dealkylation sites (tertiary alicyclic amines) is 1. The Morgan fingerprint density at radius 3 is 3.00 bits per heavy atom. The highest BCUT2D eigenvalue weighted by atomic mass is 35.5. The first-order chi connectivity index (χ1) is 9.69. The minimum Gasteiger partial charge on any atom is -0.355 e. The van der Waals surface area contributed by atoms with Gasteiger partial charge in [0.05, 0.1) is 5.92 Å². The van der Waals surface area contributed by atoms with Crippen molar-refractivity contribution in [2.45, 2.75) is 19.4 Å². The zero-order valence-corrected chi connectivity index (χ0v) is 12.9. The molecule has 1 atom stereocenters. The lowest BCUT2D eigenvalue weighted by molar-refractivity contribution is -0.126. The Kier molecular flexibility index (Phi) is 7.64. The van der Waals surface area contributed by atoms with Gasteiger partial charge in [-0.1, -0.05) is 12.1 Å². The minimum atomic E-state index is -0.211. The SMILES string of the molecule is Cl.NCCNC(=O)C1CCCN(Cc2cccc(F)c2)C1. The van der Waals surface area contributed by atoms with Crippen LogP contribution < -0.4 is 11.1 Å². The van der Waals surface area contributed by atoms with Gasteiger partial charge >= 0.3 is 0 Å². The van der Waals surface area contributed by atoms with E-state index in [1.54, 1.807) is 12.1 Å². The molecule has 2 rings (SSSR count). The van der Waals surface area contributed by atoms with Crippen molar-refractivity contribution in [3.05, 3.63) is 35.6 Å². The fourth-order valence-corrected chi connectivity index (χ4v) is 2.65. The Bertz CT molecular complexity index is 458.